The topological polar surface area (TPSA) is 37.0 Å². The third-order valence-corrected chi connectivity index (χ3v) is 3.94. The van der Waals surface area contributed by atoms with Crippen molar-refractivity contribution in [2.75, 3.05) is 7.11 Å². The van der Waals surface area contributed by atoms with Gasteiger partial charge in [0.05, 0.1) is 12.1 Å². The van der Waals surface area contributed by atoms with Crippen molar-refractivity contribution in [3.8, 4) is 5.75 Å². The summed E-state index contributed by atoms with van der Waals surface area (Å²) in [6.45, 7) is 1.50. The van der Waals surface area contributed by atoms with Crippen LogP contribution in [0.5, 0.6) is 5.75 Å². The molecule has 0 fully saturated rings. The second-order valence-electron chi connectivity index (χ2n) is 4.91. The average molecular weight is 301 g/mol. The zero-order valence-corrected chi connectivity index (χ0v) is 12.6. The standard InChI is InChI=1S/C17H17ClN2O/c1-21-13-8-6-12(7-9-13)10-19-11-16-17(18)14-4-2-3-5-15(14)20-16/h2-9,19-20H,10-11H2,1H3. The van der Waals surface area contributed by atoms with Crippen LogP contribution >= 0.6 is 11.6 Å². The van der Waals surface area contributed by atoms with Gasteiger partial charge in [-0.25, -0.2) is 0 Å². The number of nitrogens with one attached hydrogen (secondary N) is 2. The Hall–Kier alpha value is -1.97. The molecule has 2 N–H and O–H groups in total. The van der Waals surface area contributed by atoms with Crippen LogP contribution in [0, 0.1) is 0 Å². The first-order valence-corrected chi connectivity index (χ1v) is 7.24. The van der Waals surface area contributed by atoms with Crippen molar-refractivity contribution in [3.63, 3.8) is 0 Å². The number of halogens is 1. The number of H-pyrrole nitrogens is 1. The molecule has 1 aromatic heterocycles. The molecule has 3 rings (SSSR count). The molecule has 0 saturated carbocycles. The van der Waals surface area contributed by atoms with Crippen LogP contribution in [0.25, 0.3) is 10.9 Å². The van der Waals surface area contributed by atoms with Crippen molar-refractivity contribution in [1.82, 2.24) is 10.3 Å². The maximum absolute atomic E-state index is 6.39. The van der Waals surface area contributed by atoms with Gasteiger partial charge in [-0.3, -0.25) is 0 Å². The number of para-hydroxylation sites is 1. The lowest BCUT2D eigenvalue weighted by Gasteiger charge is -2.05. The van der Waals surface area contributed by atoms with E-state index < -0.39 is 0 Å². The number of aromatic amines is 1. The fourth-order valence-corrected chi connectivity index (χ4v) is 2.64. The number of rotatable bonds is 5. The monoisotopic (exact) mass is 300 g/mol. The predicted molar refractivity (Wildman–Crippen MR) is 86.8 cm³/mol. The van der Waals surface area contributed by atoms with E-state index in [1.54, 1.807) is 7.11 Å². The Morgan fingerprint density at radius 1 is 1.05 bits per heavy atom. The van der Waals surface area contributed by atoms with Gasteiger partial charge in [0.1, 0.15) is 5.75 Å². The molecule has 108 valence electrons. The lowest BCUT2D eigenvalue weighted by Crippen LogP contribution is -2.13. The minimum absolute atomic E-state index is 0.708. The van der Waals surface area contributed by atoms with Crippen LogP contribution in [0.1, 0.15) is 11.3 Å². The van der Waals surface area contributed by atoms with Crippen LogP contribution < -0.4 is 10.1 Å². The molecule has 0 amide bonds. The van der Waals surface area contributed by atoms with Gasteiger partial charge in [-0.1, -0.05) is 41.9 Å². The molecule has 4 heteroatoms. The van der Waals surface area contributed by atoms with Crippen LogP contribution in [-0.4, -0.2) is 12.1 Å². The lowest BCUT2D eigenvalue weighted by atomic mass is 10.2. The van der Waals surface area contributed by atoms with Crippen molar-refractivity contribution < 1.29 is 4.74 Å². The van der Waals surface area contributed by atoms with Crippen LogP contribution in [0.15, 0.2) is 48.5 Å². The van der Waals surface area contributed by atoms with Crippen molar-refractivity contribution in [3.05, 3.63) is 64.8 Å². The Morgan fingerprint density at radius 3 is 2.52 bits per heavy atom. The van der Waals surface area contributed by atoms with Crippen molar-refractivity contribution in [2.24, 2.45) is 0 Å². The minimum atomic E-state index is 0.708. The first-order valence-electron chi connectivity index (χ1n) is 6.86. The Bertz CT molecular complexity index is 734. The maximum atomic E-state index is 6.39. The molecule has 0 radical (unpaired) electrons. The number of aromatic nitrogens is 1. The van der Waals surface area contributed by atoms with Gasteiger partial charge in [0.15, 0.2) is 0 Å². The highest BCUT2D eigenvalue weighted by Crippen LogP contribution is 2.27. The molecule has 3 nitrogen and oxygen atoms in total. The van der Waals surface area contributed by atoms with Gasteiger partial charge in [-0.2, -0.15) is 0 Å². The summed E-state index contributed by atoms with van der Waals surface area (Å²) in [6.07, 6.45) is 0. The van der Waals surface area contributed by atoms with Gasteiger partial charge >= 0.3 is 0 Å². The van der Waals surface area contributed by atoms with E-state index >= 15 is 0 Å². The minimum Gasteiger partial charge on any atom is -0.497 e. The van der Waals surface area contributed by atoms with Crippen LogP contribution in [-0.2, 0) is 13.1 Å². The highest BCUT2D eigenvalue weighted by Gasteiger charge is 2.08. The lowest BCUT2D eigenvalue weighted by molar-refractivity contribution is 0.414. The molecule has 0 aliphatic carbocycles. The molecular weight excluding hydrogens is 284 g/mol. The summed E-state index contributed by atoms with van der Waals surface area (Å²) in [5.74, 6) is 0.873. The summed E-state index contributed by atoms with van der Waals surface area (Å²) in [5.41, 5.74) is 3.30. The zero-order chi connectivity index (χ0) is 14.7. The van der Waals surface area contributed by atoms with Crippen LogP contribution in [0.4, 0.5) is 0 Å². The highest BCUT2D eigenvalue weighted by molar-refractivity contribution is 6.36. The molecule has 0 unspecified atom stereocenters. The summed E-state index contributed by atoms with van der Waals surface area (Å²) < 4.78 is 5.15. The molecule has 0 bridgehead atoms. The number of ether oxygens (including phenoxy) is 1. The van der Waals surface area contributed by atoms with Crippen molar-refractivity contribution in [2.45, 2.75) is 13.1 Å². The number of hydrogen-bond acceptors (Lipinski definition) is 2. The van der Waals surface area contributed by atoms with Gasteiger partial charge in [0.25, 0.3) is 0 Å². The molecule has 3 aromatic rings. The van der Waals surface area contributed by atoms with E-state index in [4.69, 9.17) is 16.3 Å². The van der Waals surface area contributed by atoms with E-state index in [0.29, 0.717) is 6.54 Å². The molecule has 21 heavy (non-hydrogen) atoms. The second-order valence-corrected chi connectivity index (χ2v) is 5.29. The van der Waals surface area contributed by atoms with Crippen molar-refractivity contribution >= 4 is 22.5 Å². The number of benzene rings is 2. The summed E-state index contributed by atoms with van der Waals surface area (Å²) in [6, 6.07) is 16.1. The predicted octanol–water partition coefficient (Wildman–Crippen LogP) is 4.12. The molecule has 0 atom stereocenters. The van der Waals surface area contributed by atoms with Gasteiger partial charge in [0.2, 0.25) is 0 Å². The van der Waals surface area contributed by atoms with Crippen molar-refractivity contribution in [1.29, 1.82) is 0 Å². The fourth-order valence-electron chi connectivity index (χ4n) is 2.36. The molecule has 0 spiro atoms. The molecule has 1 heterocycles. The molecular formula is C17H17ClN2O. The Morgan fingerprint density at radius 2 is 1.81 bits per heavy atom. The Kier molecular flexibility index (Phi) is 4.13. The van der Waals surface area contributed by atoms with Crippen LogP contribution in [0.2, 0.25) is 5.02 Å². The quantitative estimate of drug-likeness (QED) is 0.744. The summed E-state index contributed by atoms with van der Waals surface area (Å²) in [7, 11) is 1.67. The van der Waals surface area contributed by atoms with E-state index in [0.717, 1.165) is 33.9 Å². The Balaban J connectivity index is 1.64. The molecule has 2 aromatic carbocycles. The first-order chi connectivity index (χ1) is 10.3. The number of fused-ring (bicyclic) bond motifs is 1. The van der Waals surface area contributed by atoms with E-state index in [1.165, 1.54) is 5.56 Å². The molecule has 0 aliphatic rings. The van der Waals surface area contributed by atoms with Gasteiger partial charge in [-0.05, 0) is 23.8 Å². The SMILES string of the molecule is COc1ccc(CNCc2[nH]c3ccccc3c2Cl)cc1. The summed E-state index contributed by atoms with van der Waals surface area (Å²) in [4.78, 5) is 3.35. The molecule has 0 aliphatic heterocycles. The van der Waals surface area contributed by atoms with Gasteiger partial charge < -0.3 is 15.0 Å². The molecule has 0 saturated heterocycles. The van der Waals surface area contributed by atoms with Gasteiger partial charge in [-0.15, -0.1) is 0 Å². The third kappa shape index (κ3) is 3.04. The summed E-state index contributed by atoms with van der Waals surface area (Å²) >= 11 is 6.39. The summed E-state index contributed by atoms with van der Waals surface area (Å²) in [5, 5.41) is 5.27. The third-order valence-electron chi connectivity index (χ3n) is 3.50. The van der Waals surface area contributed by atoms with E-state index in [2.05, 4.69) is 22.4 Å². The second kappa shape index (κ2) is 6.20. The van der Waals surface area contributed by atoms with E-state index in [1.807, 2.05) is 36.4 Å². The normalized spacial score (nSPS) is 11.0. The van der Waals surface area contributed by atoms with E-state index in [9.17, 15) is 0 Å². The fraction of sp³-hybridized carbons (Fsp3) is 0.176. The Labute approximate surface area is 128 Å². The largest absolute Gasteiger partial charge is 0.497 e. The van der Waals surface area contributed by atoms with Gasteiger partial charge in [0, 0.05) is 29.7 Å². The number of hydrogen-bond donors (Lipinski definition) is 2. The number of methoxy groups -OCH3 is 1. The van der Waals surface area contributed by atoms with Crippen LogP contribution in [0.3, 0.4) is 0 Å². The highest BCUT2D eigenvalue weighted by atomic mass is 35.5. The smallest absolute Gasteiger partial charge is 0.118 e. The average Bonchev–Trinajstić information content (AvgIpc) is 2.85. The van der Waals surface area contributed by atoms with E-state index in [-0.39, 0.29) is 0 Å². The maximum Gasteiger partial charge on any atom is 0.118 e. The zero-order valence-electron chi connectivity index (χ0n) is 11.8. The first kappa shape index (κ1) is 14.0.